The van der Waals surface area contributed by atoms with Crippen molar-refractivity contribution in [1.29, 1.82) is 0 Å². The van der Waals surface area contributed by atoms with E-state index in [1.807, 2.05) is 42.5 Å². The molecular formula is C24H17ClN2OS3. The molecule has 1 aliphatic carbocycles. The highest BCUT2D eigenvalue weighted by Gasteiger charge is 2.26. The number of thiophene rings is 2. The van der Waals surface area contributed by atoms with Crippen molar-refractivity contribution in [3.63, 3.8) is 0 Å². The molecule has 1 amide bonds. The number of para-hydroxylation sites is 1. The first-order chi connectivity index (χ1) is 15.2. The highest BCUT2D eigenvalue weighted by atomic mass is 35.5. The van der Waals surface area contributed by atoms with E-state index in [2.05, 4.69) is 11.4 Å². The summed E-state index contributed by atoms with van der Waals surface area (Å²) in [5.74, 6) is -0.146. The van der Waals surface area contributed by atoms with Gasteiger partial charge in [0.1, 0.15) is 14.9 Å². The third-order valence-corrected chi connectivity index (χ3v) is 9.58. The Morgan fingerprint density at radius 2 is 1.71 bits per heavy atom. The first kappa shape index (κ1) is 19.4. The van der Waals surface area contributed by atoms with Crippen LogP contribution in [0.2, 0.25) is 5.02 Å². The summed E-state index contributed by atoms with van der Waals surface area (Å²) in [6.45, 7) is 0. The third-order valence-electron chi connectivity index (χ3n) is 5.65. The summed E-state index contributed by atoms with van der Waals surface area (Å²) in [5.41, 5.74) is 3.46. The predicted octanol–water partition coefficient (Wildman–Crippen LogP) is 8.02. The number of fused-ring (bicyclic) bond motifs is 3. The van der Waals surface area contributed by atoms with E-state index in [1.165, 1.54) is 34.6 Å². The molecule has 31 heavy (non-hydrogen) atoms. The Balaban J connectivity index is 1.45. The minimum absolute atomic E-state index is 0.146. The monoisotopic (exact) mass is 480 g/mol. The lowest BCUT2D eigenvalue weighted by molar-refractivity contribution is 0.103. The van der Waals surface area contributed by atoms with Gasteiger partial charge in [0.05, 0.1) is 15.2 Å². The molecule has 5 aromatic rings. The summed E-state index contributed by atoms with van der Waals surface area (Å²) in [5, 5.41) is 6.53. The molecule has 0 bridgehead atoms. The van der Waals surface area contributed by atoms with E-state index in [0.29, 0.717) is 9.90 Å². The average molecular weight is 481 g/mol. The third kappa shape index (κ3) is 3.29. The van der Waals surface area contributed by atoms with Crippen LogP contribution in [0.1, 0.15) is 33.0 Å². The lowest BCUT2D eigenvalue weighted by Crippen LogP contribution is -2.10. The van der Waals surface area contributed by atoms with E-state index in [-0.39, 0.29) is 5.91 Å². The normalized spacial score (nSPS) is 13.6. The molecule has 0 fully saturated rings. The number of halogens is 1. The lowest BCUT2D eigenvalue weighted by Gasteiger charge is -2.11. The van der Waals surface area contributed by atoms with Crippen molar-refractivity contribution in [2.75, 3.05) is 5.32 Å². The second-order valence-corrected chi connectivity index (χ2v) is 11.2. The van der Waals surface area contributed by atoms with Gasteiger partial charge in [-0.15, -0.1) is 34.0 Å². The second kappa shape index (κ2) is 7.71. The molecule has 0 spiro atoms. The highest BCUT2D eigenvalue weighted by Crippen LogP contribution is 2.47. The summed E-state index contributed by atoms with van der Waals surface area (Å²) >= 11 is 11.4. The number of carbonyl (C=O) groups is 1. The smallest absolute Gasteiger partial charge is 0.267 e. The molecule has 3 aromatic heterocycles. The van der Waals surface area contributed by atoms with Crippen LogP contribution in [0.15, 0.2) is 48.5 Å². The van der Waals surface area contributed by atoms with Crippen molar-refractivity contribution >= 4 is 76.8 Å². The van der Waals surface area contributed by atoms with E-state index in [0.717, 1.165) is 48.7 Å². The van der Waals surface area contributed by atoms with E-state index in [1.54, 1.807) is 22.7 Å². The molecule has 0 saturated heterocycles. The van der Waals surface area contributed by atoms with E-state index in [4.69, 9.17) is 16.6 Å². The Morgan fingerprint density at radius 1 is 0.935 bits per heavy atom. The molecule has 2 aromatic carbocycles. The number of carbonyl (C=O) groups excluding carboxylic acids is 1. The molecule has 154 valence electrons. The Kier molecular flexibility index (Phi) is 4.83. The number of hydrogen-bond donors (Lipinski definition) is 1. The van der Waals surface area contributed by atoms with Crippen molar-refractivity contribution in [3.8, 4) is 10.6 Å². The molecule has 1 N–H and O–H groups in total. The molecule has 3 heterocycles. The number of benzene rings is 2. The summed E-state index contributed by atoms with van der Waals surface area (Å²) in [4.78, 5) is 20.1. The molecule has 0 unspecified atom stereocenters. The van der Waals surface area contributed by atoms with Crippen LogP contribution in [0.5, 0.6) is 0 Å². The van der Waals surface area contributed by atoms with Gasteiger partial charge in [0, 0.05) is 20.5 Å². The van der Waals surface area contributed by atoms with Gasteiger partial charge in [0.2, 0.25) is 0 Å². The zero-order chi connectivity index (χ0) is 20.9. The molecular weight excluding hydrogens is 464 g/mol. The summed E-state index contributed by atoms with van der Waals surface area (Å²) in [6, 6.07) is 16.1. The van der Waals surface area contributed by atoms with Gasteiger partial charge in [0.15, 0.2) is 0 Å². The standard InChI is InChI=1S/C24H17ClN2OS3/c25-20-14-8-2-5-11-17(14)29-21(20)22(28)27-24-19(13-7-1-4-10-16(13)30-24)23-26-15-9-3-6-12-18(15)31-23/h2-3,5-6,8-9,11-12H,1,4,7,10H2,(H,27,28). The second-order valence-electron chi connectivity index (χ2n) is 7.60. The number of amides is 1. The zero-order valence-corrected chi connectivity index (χ0v) is 19.6. The first-order valence-corrected chi connectivity index (χ1v) is 13.0. The highest BCUT2D eigenvalue weighted by molar-refractivity contribution is 7.23. The van der Waals surface area contributed by atoms with Crippen LogP contribution in [-0.2, 0) is 12.8 Å². The van der Waals surface area contributed by atoms with Crippen LogP contribution in [0, 0.1) is 0 Å². The van der Waals surface area contributed by atoms with Crippen LogP contribution >= 0.6 is 45.6 Å². The summed E-state index contributed by atoms with van der Waals surface area (Å²) in [7, 11) is 0. The maximum absolute atomic E-state index is 13.3. The molecule has 0 atom stereocenters. The maximum Gasteiger partial charge on any atom is 0.267 e. The largest absolute Gasteiger partial charge is 0.312 e. The molecule has 6 rings (SSSR count). The molecule has 0 radical (unpaired) electrons. The van der Waals surface area contributed by atoms with Gasteiger partial charge in [-0.3, -0.25) is 4.79 Å². The predicted molar refractivity (Wildman–Crippen MR) is 134 cm³/mol. The zero-order valence-electron chi connectivity index (χ0n) is 16.4. The van der Waals surface area contributed by atoms with Gasteiger partial charge >= 0.3 is 0 Å². The van der Waals surface area contributed by atoms with Crippen molar-refractivity contribution in [3.05, 3.63) is 68.9 Å². The summed E-state index contributed by atoms with van der Waals surface area (Å²) < 4.78 is 2.19. The van der Waals surface area contributed by atoms with Gasteiger partial charge in [-0.25, -0.2) is 4.98 Å². The number of thiazole rings is 1. The maximum atomic E-state index is 13.3. The first-order valence-electron chi connectivity index (χ1n) is 10.2. The number of nitrogens with one attached hydrogen (secondary N) is 1. The van der Waals surface area contributed by atoms with Crippen molar-refractivity contribution in [2.24, 2.45) is 0 Å². The number of hydrogen-bond acceptors (Lipinski definition) is 5. The minimum Gasteiger partial charge on any atom is -0.312 e. The lowest BCUT2D eigenvalue weighted by atomic mass is 9.96. The van der Waals surface area contributed by atoms with Crippen molar-refractivity contribution in [1.82, 2.24) is 4.98 Å². The quantitative estimate of drug-likeness (QED) is 0.284. The molecule has 7 heteroatoms. The molecule has 3 nitrogen and oxygen atoms in total. The molecule has 0 aliphatic heterocycles. The average Bonchev–Trinajstić information content (AvgIpc) is 3.46. The SMILES string of the molecule is O=C(Nc1sc2c(c1-c1nc3ccccc3s1)CCCC2)c1sc2ccccc2c1Cl. The summed E-state index contributed by atoms with van der Waals surface area (Å²) in [6.07, 6.45) is 4.48. The number of aromatic nitrogens is 1. The van der Waals surface area contributed by atoms with Crippen LogP contribution in [0.25, 0.3) is 30.9 Å². The van der Waals surface area contributed by atoms with E-state index < -0.39 is 0 Å². The van der Waals surface area contributed by atoms with Crippen molar-refractivity contribution in [2.45, 2.75) is 25.7 Å². The van der Waals surface area contributed by atoms with E-state index >= 15 is 0 Å². The molecule has 1 aliphatic rings. The van der Waals surface area contributed by atoms with Crippen LogP contribution in [0.3, 0.4) is 0 Å². The van der Waals surface area contributed by atoms with Crippen LogP contribution in [0.4, 0.5) is 5.00 Å². The number of nitrogens with zero attached hydrogens (tertiary/aromatic N) is 1. The number of anilines is 1. The van der Waals surface area contributed by atoms with Gasteiger partial charge in [-0.2, -0.15) is 0 Å². The topological polar surface area (TPSA) is 42.0 Å². The molecule has 0 saturated carbocycles. The number of rotatable bonds is 3. The van der Waals surface area contributed by atoms with Crippen molar-refractivity contribution < 1.29 is 4.79 Å². The Hall–Kier alpha value is -2.25. The van der Waals surface area contributed by atoms with E-state index in [9.17, 15) is 4.79 Å². The Morgan fingerprint density at radius 3 is 2.55 bits per heavy atom. The fourth-order valence-electron chi connectivity index (χ4n) is 4.18. The van der Waals surface area contributed by atoms with Gasteiger partial charge in [-0.05, 0) is 49.4 Å². The Bertz CT molecular complexity index is 1430. The Labute approximate surface area is 196 Å². The van der Waals surface area contributed by atoms with Crippen LogP contribution in [-0.4, -0.2) is 10.9 Å². The van der Waals surface area contributed by atoms with Gasteiger partial charge < -0.3 is 5.32 Å². The van der Waals surface area contributed by atoms with Gasteiger partial charge in [-0.1, -0.05) is 41.9 Å². The number of aryl methyl sites for hydroxylation is 1. The van der Waals surface area contributed by atoms with Crippen LogP contribution < -0.4 is 5.32 Å². The fraction of sp³-hybridized carbons (Fsp3) is 0.167. The fourth-order valence-corrected chi connectivity index (χ4v) is 7.99. The minimum atomic E-state index is -0.146. The van der Waals surface area contributed by atoms with Gasteiger partial charge in [0.25, 0.3) is 5.91 Å².